The summed E-state index contributed by atoms with van der Waals surface area (Å²) in [5.74, 6) is 0.518. The fourth-order valence-electron chi connectivity index (χ4n) is 5.32. The molecule has 2 bridgehead atoms. The van der Waals surface area contributed by atoms with Gasteiger partial charge in [-0.25, -0.2) is 4.98 Å². The fourth-order valence-corrected chi connectivity index (χ4v) is 5.85. The van der Waals surface area contributed by atoms with Crippen LogP contribution in [0.1, 0.15) is 50.6 Å². The summed E-state index contributed by atoms with van der Waals surface area (Å²) < 4.78 is 1.89. The van der Waals surface area contributed by atoms with Crippen molar-refractivity contribution in [2.24, 2.45) is 11.8 Å². The van der Waals surface area contributed by atoms with Crippen LogP contribution in [-0.2, 0) is 16.9 Å². The second kappa shape index (κ2) is 7.77. The van der Waals surface area contributed by atoms with Crippen LogP contribution in [0.5, 0.6) is 0 Å². The molecule has 0 spiro atoms. The van der Waals surface area contributed by atoms with Crippen molar-refractivity contribution in [3.05, 3.63) is 23.5 Å². The van der Waals surface area contributed by atoms with E-state index in [0.717, 1.165) is 58.2 Å². The first-order chi connectivity index (χ1) is 14.1. The highest BCUT2D eigenvalue weighted by Crippen LogP contribution is 2.38. The molecular formula is C20H28N6O2S. The quantitative estimate of drug-likeness (QED) is 0.776. The number of carbonyl (C=O) groups is 1. The van der Waals surface area contributed by atoms with E-state index in [0.29, 0.717) is 22.8 Å². The van der Waals surface area contributed by atoms with Gasteiger partial charge in [-0.1, -0.05) is 24.5 Å². The third-order valence-electron chi connectivity index (χ3n) is 6.97. The minimum Gasteiger partial charge on any atom is -0.383 e. The van der Waals surface area contributed by atoms with E-state index in [4.69, 9.17) is 0 Å². The van der Waals surface area contributed by atoms with E-state index in [2.05, 4.69) is 25.5 Å². The molecule has 4 atom stereocenters. The lowest BCUT2D eigenvalue weighted by atomic mass is 9.75. The Morgan fingerprint density at radius 2 is 2.21 bits per heavy atom. The SMILES string of the molecule is O=C(Nc1nccs1)[C@@H]1CN2CC[C@@H]1C[C@@H]2Cn1cc(C2(O)CCCCC2)nn1. The number of thiazole rings is 1. The Balaban J connectivity index is 1.21. The van der Waals surface area contributed by atoms with Crippen LogP contribution in [0, 0.1) is 11.8 Å². The summed E-state index contributed by atoms with van der Waals surface area (Å²) in [5, 5.41) is 25.0. The molecule has 5 heterocycles. The van der Waals surface area contributed by atoms with Crippen LogP contribution in [0.25, 0.3) is 0 Å². The molecule has 4 aliphatic rings. The summed E-state index contributed by atoms with van der Waals surface area (Å²) in [4.78, 5) is 19.3. The second-order valence-electron chi connectivity index (χ2n) is 8.78. The largest absolute Gasteiger partial charge is 0.383 e. The molecule has 156 valence electrons. The molecule has 1 amide bonds. The maximum atomic E-state index is 12.7. The molecule has 2 aromatic heterocycles. The van der Waals surface area contributed by atoms with E-state index in [9.17, 15) is 9.90 Å². The highest BCUT2D eigenvalue weighted by atomic mass is 32.1. The molecule has 4 fully saturated rings. The minimum absolute atomic E-state index is 0.0261. The van der Waals surface area contributed by atoms with Gasteiger partial charge in [0.2, 0.25) is 5.91 Å². The molecule has 6 rings (SSSR count). The molecular weight excluding hydrogens is 388 g/mol. The topological polar surface area (TPSA) is 96.2 Å². The molecule has 1 aliphatic carbocycles. The van der Waals surface area contributed by atoms with Crippen LogP contribution in [-0.4, -0.2) is 55.0 Å². The Morgan fingerprint density at radius 3 is 2.93 bits per heavy atom. The van der Waals surface area contributed by atoms with Gasteiger partial charge in [-0.15, -0.1) is 16.4 Å². The Kier molecular flexibility index (Phi) is 5.13. The number of aliphatic hydroxyl groups is 1. The lowest BCUT2D eigenvalue weighted by Gasteiger charge is -2.49. The Labute approximate surface area is 174 Å². The number of rotatable bonds is 5. The van der Waals surface area contributed by atoms with Crippen molar-refractivity contribution in [3.63, 3.8) is 0 Å². The van der Waals surface area contributed by atoms with Gasteiger partial charge in [0, 0.05) is 24.2 Å². The van der Waals surface area contributed by atoms with E-state index in [1.165, 1.54) is 17.8 Å². The Morgan fingerprint density at radius 1 is 1.34 bits per heavy atom. The van der Waals surface area contributed by atoms with Crippen molar-refractivity contribution in [3.8, 4) is 0 Å². The summed E-state index contributed by atoms with van der Waals surface area (Å²) in [6.07, 6.45) is 10.5. The third-order valence-corrected chi connectivity index (χ3v) is 7.66. The average Bonchev–Trinajstić information content (AvgIpc) is 3.41. The fraction of sp³-hybridized carbons (Fsp3) is 0.700. The van der Waals surface area contributed by atoms with Gasteiger partial charge in [0.05, 0.1) is 18.7 Å². The maximum absolute atomic E-state index is 12.7. The first-order valence-corrected chi connectivity index (χ1v) is 11.6. The van der Waals surface area contributed by atoms with E-state index in [-0.39, 0.29) is 11.8 Å². The van der Waals surface area contributed by atoms with E-state index >= 15 is 0 Å². The van der Waals surface area contributed by atoms with Gasteiger partial charge in [0.15, 0.2) is 5.13 Å². The maximum Gasteiger partial charge on any atom is 0.230 e. The molecule has 1 unspecified atom stereocenters. The van der Waals surface area contributed by atoms with Gasteiger partial charge in [0.25, 0.3) is 0 Å². The lowest BCUT2D eigenvalue weighted by Crippen LogP contribution is -2.57. The number of aromatic nitrogens is 4. The molecule has 3 saturated heterocycles. The van der Waals surface area contributed by atoms with Gasteiger partial charge in [-0.2, -0.15) is 0 Å². The highest BCUT2D eigenvalue weighted by molar-refractivity contribution is 7.13. The number of hydrogen-bond donors (Lipinski definition) is 2. The van der Waals surface area contributed by atoms with Crippen molar-refractivity contribution in [2.45, 2.75) is 63.1 Å². The van der Waals surface area contributed by atoms with Crippen molar-refractivity contribution in [2.75, 3.05) is 18.4 Å². The summed E-state index contributed by atoms with van der Waals surface area (Å²) in [6, 6.07) is 0.369. The van der Waals surface area contributed by atoms with Crippen LogP contribution in [0.2, 0.25) is 0 Å². The van der Waals surface area contributed by atoms with E-state index in [1.54, 1.807) is 6.20 Å². The molecule has 0 aromatic carbocycles. The number of anilines is 1. The number of piperidine rings is 3. The monoisotopic (exact) mass is 416 g/mol. The smallest absolute Gasteiger partial charge is 0.230 e. The molecule has 9 heteroatoms. The number of amides is 1. The number of hydrogen-bond acceptors (Lipinski definition) is 7. The molecule has 3 aliphatic heterocycles. The third kappa shape index (κ3) is 3.83. The van der Waals surface area contributed by atoms with E-state index < -0.39 is 5.60 Å². The van der Waals surface area contributed by atoms with Gasteiger partial charge in [-0.3, -0.25) is 14.4 Å². The summed E-state index contributed by atoms with van der Waals surface area (Å²) in [5.41, 5.74) is -0.0877. The van der Waals surface area contributed by atoms with Crippen LogP contribution in [0.3, 0.4) is 0 Å². The van der Waals surface area contributed by atoms with Crippen LogP contribution < -0.4 is 5.32 Å². The zero-order valence-electron chi connectivity index (χ0n) is 16.5. The number of carbonyl (C=O) groups excluding carboxylic acids is 1. The van der Waals surface area contributed by atoms with Crippen LogP contribution in [0.15, 0.2) is 17.8 Å². The first-order valence-electron chi connectivity index (χ1n) is 10.7. The van der Waals surface area contributed by atoms with Crippen LogP contribution in [0.4, 0.5) is 5.13 Å². The van der Waals surface area contributed by atoms with Gasteiger partial charge < -0.3 is 10.4 Å². The summed E-state index contributed by atoms with van der Waals surface area (Å²) in [7, 11) is 0. The summed E-state index contributed by atoms with van der Waals surface area (Å²) in [6.45, 7) is 2.58. The highest BCUT2D eigenvalue weighted by Gasteiger charge is 2.43. The normalized spacial score (nSPS) is 30.9. The first kappa shape index (κ1) is 19.1. The Hall–Kier alpha value is -1.84. The molecule has 2 aromatic rings. The van der Waals surface area contributed by atoms with Gasteiger partial charge in [-0.05, 0) is 38.1 Å². The number of nitrogens with zero attached hydrogens (tertiary/aromatic N) is 5. The van der Waals surface area contributed by atoms with Crippen LogP contribution >= 0.6 is 11.3 Å². The number of fused-ring (bicyclic) bond motifs is 3. The Bertz CT molecular complexity index is 847. The van der Waals surface area contributed by atoms with Crippen molar-refractivity contribution in [1.82, 2.24) is 24.9 Å². The predicted octanol–water partition coefficient (Wildman–Crippen LogP) is 2.24. The van der Waals surface area contributed by atoms with Crippen molar-refractivity contribution in [1.29, 1.82) is 0 Å². The van der Waals surface area contributed by atoms with Gasteiger partial charge in [0.1, 0.15) is 11.3 Å². The number of nitrogens with one attached hydrogen (secondary N) is 1. The second-order valence-corrected chi connectivity index (χ2v) is 9.68. The molecule has 1 saturated carbocycles. The summed E-state index contributed by atoms with van der Waals surface area (Å²) >= 11 is 1.46. The van der Waals surface area contributed by atoms with Crippen molar-refractivity contribution < 1.29 is 9.90 Å². The molecule has 29 heavy (non-hydrogen) atoms. The molecule has 0 radical (unpaired) electrons. The predicted molar refractivity (Wildman–Crippen MR) is 109 cm³/mol. The van der Waals surface area contributed by atoms with Crippen molar-refractivity contribution >= 4 is 22.4 Å². The zero-order chi connectivity index (χ0) is 19.8. The lowest BCUT2D eigenvalue weighted by molar-refractivity contribution is -0.127. The minimum atomic E-state index is -0.804. The standard InChI is InChI=1S/C20H28N6O2S/c27-18(22-19-21-7-9-29-19)16-12-25-8-4-14(16)10-15(25)11-26-13-17(23-24-26)20(28)5-2-1-3-6-20/h7,9,13-16,28H,1-6,8,10-12H2,(H,21,22,27)/t14-,15-,16-/m1/s1. The van der Waals surface area contributed by atoms with E-state index in [1.807, 2.05) is 16.3 Å². The molecule has 2 N–H and O–H groups in total. The molecule has 8 nitrogen and oxygen atoms in total. The van der Waals surface area contributed by atoms with Gasteiger partial charge >= 0.3 is 0 Å². The zero-order valence-corrected chi connectivity index (χ0v) is 17.4. The average molecular weight is 417 g/mol.